The first kappa shape index (κ1) is 12.1. The smallest absolute Gasteiger partial charge is 0.149 e. The minimum absolute atomic E-state index is 0.486. The lowest BCUT2D eigenvalue weighted by molar-refractivity contribution is 0.274. The quantitative estimate of drug-likeness (QED) is 0.848. The van der Waals surface area contributed by atoms with Crippen LogP contribution in [-0.4, -0.2) is 54.1 Å². The van der Waals surface area contributed by atoms with Crippen molar-refractivity contribution in [2.24, 2.45) is 0 Å². The maximum atomic E-state index is 4.60. The summed E-state index contributed by atoms with van der Waals surface area (Å²) >= 11 is 0. The summed E-state index contributed by atoms with van der Waals surface area (Å²) in [5.41, 5.74) is 0. The van der Waals surface area contributed by atoms with Crippen LogP contribution in [0.2, 0.25) is 0 Å². The molecule has 1 fully saturated rings. The topological polar surface area (TPSA) is 44.3 Å². The molecule has 5 heteroatoms. The van der Waals surface area contributed by atoms with Crippen LogP contribution in [0, 0.1) is 0 Å². The maximum Gasteiger partial charge on any atom is 0.149 e. The second-order valence-electron chi connectivity index (χ2n) is 4.60. The second-order valence-corrected chi connectivity index (χ2v) is 4.60. The van der Waals surface area contributed by atoms with Crippen LogP contribution < -0.4 is 10.2 Å². The van der Waals surface area contributed by atoms with E-state index < -0.39 is 0 Å². The average Bonchev–Trinajstić information content (AvgIpc) is 2.29. The molecule has 2 heterocycles. The Kier molecular flexibility index (Phi) is 3.78. The van der Waals surface area contributed by atoms with Crippen molar-refractivity contribution in [3.63, 3.8) is 0 Å². The van der Waals surface area contributed by atoms with Crippen molar-refractivity contribution in [3.8, 4) is 0 Å². The van der Waals surface area contributed by atoms with E-state index in [4.69, 9.17) is 0 Å². The first-order chi connectivity index (χ1) is 8.20. The van der Waals surface area contributed by atoms with Crippen LogP contribution in [0.1, 0.15) is 13.8 Å². The normalized spacial score (nSPS) is 21.6. The van der Waals surface area contributed by atoms with E-state index in [0.717, 1.165) is 37.8 Å². The number of hydrogen-bond acceptors (Lipinski definition) is 5. The van der Waals surface area contributed by atoms with Crippen molar-refractivity contribution < 1.29 is 0 Å². The lowest BCUT2D eigenvalue weighted by Crippen LogP contribution is -2.50. The molecule has 0 bridgehead atoms. The lowest BCUT2D eigenvalue weighted by atomic mass is 10.2. The van der Waals surface area contributed by atoms with Crippen molar-refractivity contribution in [2.75, 3.05) is 43.4 Å². The number of rotatable bonds is 3. The minimum atomic E-state index is 0.486. The van der Waals surface area contributed by atoms with Crippen LogP contribution in [0.25, 0.3) is 0 Å². The van der Waals surface area contributed by atoms with Gasteiger partial charge in [0.05, 0.1) is 12.4 Å². The van der Waals surface area contributed by atoms with Crippen LogP contribution in [0.15, 0.2) is 12.4 Å². The monoisotopic (exact) mass is 235 g/mol. The molecule has 2 rings (SSSR count). The zero-order valence-corrected chi connectivity index (χ0v) is 10.8. The number of nitrogens with zero attached hydrogens (tertiary/aromatic N) is 4. The SMILES string of the molecule is CCNc1cncc(N2CCN(C)CC2C)n1. The Morgan fingerprint density at radius 1 is 1.41 bits per heavy atom. The van der Waals surface area contributed by atoms with Gasteiger partial charge >= 0.3 is 0 Å². The molecular formula is C12H21N5. The van der Waals surface area contributed by atoms with Gasteiger partial charge in [0.25, 0.3) is 0 Å². The fourth-order valence-corrected chi connectivity index (χ4v) is 2.24. The number of hydrogen-bond donors (Lipinski definition) is 1. The van der Waals surface area contributed by atoms with Crippen molar-refractivity contribution in [1.82, 2.24) is 14.9 Å². The van der Waals surface area contributed by atoms with Crippen LogP contribution >= 0.6 is 0 Å². The standard InChI is InChI=1S/C12H21N5/c1-4-14-11-7-13-8-12(15-11)17-6-5-16(3)9-10(17)2/h7-8,10H,4-6,9H2,1-3H3,(H,14,15). The molecule has 0 saturated carbocycles. The molecule has 1 aromatic rings. The van der Waals surface area contributed by atoms with Gasteiger partial charge in [-0.05, 0) is 20.9 Å². The number of nitrogens with one attached hydrogen (secondary N) is 1. The van der Waals surface area contributed by atoms with Crippen LogP contribution in [-0.2, 0) is 0 Å². The van der Waals surface area contributed by atoms with E-state index in [-0.39, 0.29) is 0 Å². The fourth-order valence-electron chi connectivity index (χ4n) is 2.24. The van der Waals surface area contributed by atoms with Crippen molar-refractivity contribution in [2.45, 2.75) is 19.9 Å². The molecule has 5 nitrogen and oxygen atoms in total. The number of aromatic nitrogens is 2. The predicted molar refractivity (Wildman–Crippen MR) is 70.5 cm³/mol. The molecule has 1 unspecified atom stereocenters. The highest BCUT2D eigenvalue weighted by atomic mass is 15.3. The summed E-state index contributed by atoms with van der Waals surface area (Å²) in [6.45, 7) is 8.34. The van der Waals surface area contributed by atoms with Crippen molar-refractivity contribution in [3.05, 3.63) is 12.4 Å². The highest BCUT2D eigenvalue weighted by Crippen LogP contribution is 2.18. The molecule has 1 aliphatic heterocycles. The van der Waals surface area contributed by atoms with Gasteiger partial charge in [-0.2, -0.15) is 0 Å². The Morgan fingerprint density at radius 2 is 2.24 bits per heavy atom. The second kappa shape index (κ2) is 5.31. The Morgan fingerprint density at radius 3 is 2.94 bits per heavy atom. The van der Waals surface area contributed by atoms with Crippen LogP contribution in [0.4, 0.5) is 11.6 Å². The van der Waals surface area contributed by atoms with Gasteiger partial charge in [0, 0.05) is 32.2 Å². The Bertz CT molecular complexity index is 368. The van der Waals surface area contributed by atoms with Crippen molar-refractivity contribution >= 4 is 11.6 Å². The van der Waals surface area contributed by atoms with Gasteiger partial charge in [-0.15, -0.1) is 0 Å². The molecule has 1 aromatic heterocycles. The van der Waals surface area contributed by atoms with Crippen LogP contribution in [0.3, 0.4) is 0 Å². The highest BCUT2D eigenvalue weighted by molar-refractivity contribution is 5.45. The van der Waals surface area contributed by atoms with Crippen molar-refractivity contribution in [1.29, 1.82) is 0 Å². The molecular weight excluding hydrogens is 214 g/mol. The zero-order chi connectivity index (χ0) is 12.3. The molecule has 0 aliphatic carbocycles. The third kappa shape index (κ3) is 2.85. The summed E-state index contributed by atoms with van der Waals surface area (Å²) in [6, 6.07) is 0.486. The largest absolute Gasteiger partial charge is 0.369 e. The van der Waals surface area contributed by atoms with Gasteiger partial charge in [0.15, 0.2) is 0 Å². The Balaban J connectivity index is 2.13. The molecule has 1 atom stereocenters. The molecule has 17 heavy (non-hydrogen) atoms. The maximum absolute atomic E-state index is 4.60. The number of piperazine rings is 1. The summed E-state index contributed by atoms with van der Waals surface area (Å²) in [6.07, 6.45) is 3.62. The summed E-state index contributed by atoms with van der Waals surface area (Å²) < 4.78 is 0. The minimum Gasteiger partial charge on any atom is -0.369 e. The zero-order valence-electron chi connectivity index (χ0n) is 10.8. The average molecular weight is 235 g/mol. The van der Waals surface area contributed by atoms with Gasteiger partial charge in [0.1, 0.15) is 11.6 Å². The summed E-state index contributed by atoms with van der Waals surface area (Å²) in [7, 11) is 2.16. The molecule has 0 spiro atoms. The number of anilines is 2. The third-order valence-corrected chi connectivity index (χ3v) is 3.10. The Hall–Kier alpha value is -1.36. The molecule has 1 saturated heterocycles. The highest BCUT2D eigenvalue weighted by Gasteiger charge is 2.22. The first-order valence-corrected chi connectivity index (χ1v) is 6.21. The van der Waals surface area contributed by atoms with Gasteiger partial charge in [-0.25, -0.2) is 4.98 Å². The predicted octanol–water partition coefficient (Wildman–Crippen LogP) is 1.05. The van der Waals surface area contributed by atoms with Crippen LogP contribution in [0.5, 0.6) is 0 Å². The van der Waals surface area contributed by atoms with Gasteiger partial charge in [0.2, 0.25) is 0 Å². The third-order valence-electron chi connectivity index (χ3n) is 3.10. The van der Waals surface area contributed by atoms with Gasteiger partial charge in [-0.3, -0.25) is 4.98 Å². The van der Waals surface area contributed by atoms with Gasteiger partial charge in [-0.1, -0.05) is 0 Å². The first-order valence-electron chi connectivity index (χ1n) is 6.21. The summed E-state index contributed by atoms with van der Waals surface area (Å²) in [5, 5.41) is 3.20. The molecule has 1 aliphatic rings. The van der Waals surface area contributed by atoms with Gasteiger partial charge < -0.3 is 15.1 Å². The molecule has 1 N–H and O–H groups in total. The summed E-state index contributed by atoms with van der Waals surface area (Å²) in [4.78, 5) is 13.5. The van der Waals surface area contributed by atoms with E-state index in [1.165, 1.54) is 0 Å². The van der Waals surface area contributed by atoms with E-state index in [9.17, 15) is 0 Å². The van der Waals surface area contributed by atoms with E-state index >= 15 is 0 Å². The van der Waals surface area contributed by atoms with E-state index in [1.54, 1.807) is 6.20 Å². The molecule has 94 valence electrons. The van der Waals surface area contributed by atoms with E-state index in [1.807, 2.05) is 6.20 Å². The Labute approximate surface area is 103 Å². The van der Waals surface area contributed by atoms with E-state index in [2.05, 4.69) is 46.0 Å². The fraction of sp³-hybridized carbons (Fsp3) is 0.667. The molecule has 0 aromatic carbocycles. The summed E-state index contributed by atoms with van der Waals surface area (Å²) in [5.74, 6) is 1.83. The van der Waals surface area contributed by atoms with E-state index in [0.29, 0.717) is 6.04 Å². The lowest BCUT2D eigenvalue weighted by Gasteiger charge is -2.38. The molecule has 0 amide bonds. The molecule has 0 radical (unpaired) electrons. The number of likely N-dealkylation sites (N-methyl/N-ethyl adjacent to an activating group) is 1.